The van der Waals surface area contributed by atoms with Gasteiger partial charge in [0.15, 0.2) is 0 Å². The summed E-state index contributed by atoms with van der Waals surface area (Å²) in [6.07, 6.45) is 1.02. The van der Waals surface area contributed by atoms with E-state index in [-0.39, 0.29) is 21.7 Å². The van der Waals surface area contributed by atoms with E-state index in [0.29, 0.717) is 56.4 Å². The molecular weight excluding hydrogens is 509 g/mol. The van der Waals surface area contributed by atoms with Gasteiger partial charge in [-0.25, -0.2) is 8.42 Å². The predicted molar refractivity (Wildman–Crippen MR) is 139 cm³/mol. The molecule has 0 spiro atoms. The van der Waals surface area contributed by atoms with Gasteiger partial charge in [0.2, 0.25) is 15.9 Å². The van der Waals surface area contributed by atoms with Gasteiger partial charge in [0.25, 0.3) is 0 Å². The van der Waals surface area contributed by atoms with Crippen molar-refractivity contribution in [3.63, 3.8) is 0 Å². The van der Waals surface area contributed by atoms with Gasteiger partial charge >= 0.3 is 0 Å². The molecule has 2 saturated heterocycles. The minimum absolute atomic E-state index is 0.119. The number of carbonyl (C=O) groups excluding carboxylic acids is 1. The highest BCUT2D eigenvalue weighted by molar-refractivity contribution is 7.89. The molecule has 0 atom stereocenters. The number of nitrogens with zero attached hydrogens (tertiary/aromatic N) is 3. The van der Waals surface area contributed by atoms with Crippen molar-refractivity contribution in [2.24, 2.45) is 5.92 Å². The highest BCUT2D eigenvalue weighted by atomic mass is 35.5. The molecule has 0 unspecified atom stereocenters. The number of anilines is 1. The number of carbonyl (C=O) groups is 1. The molecule has 2 aromatic rings. The van der Waals surface area contributed by atoms with E-state index < -0.39 is 10.0 Å². The van der Waals surface area contributed by atoms with E-state index in [1.54, 1.807) is 6.07 Å². The first-order valence-electron chi connectivity index (χ1n) is 11.9. The van der Waals surface area contributed by atoms with Crippen LogP contribution in [-0.2, 0) is 14.8 Å². The maximum absolute atomic E-state index is 13.2. The minimum Gasteiger partial charge on any atom is -0.492 e. The van der Waals surface area contributed by atoms with E-state index in [9.17, 15) is 13.2 Å². The second kappa shape index (κ2) is 10.9. The van der Waals surface area contributed by atoms with Crippen LogP contribution >= 0.6 is 23.2 Å². The van der Waals surface area contributed by atoms with Crippen molar-refractivity contribution in [1.82, 2.24) is 9.21 Å². The Morgan fingerprint density at radius 2 is 1.69 bits per heavy atom. The number of aryl methyl sites for hydroxylation is 1. The van der Waals surface area contributed by atoms with Gasteiger partial charge in [0.05, 0.1) is 16.5 Å². The van der Waals surface area contributed by atoms with Crippen molar-refractivity contribution < 1.29 is 17.9 Å². The molecule has 0 aromatic heterocycles. The van der Waals surface area contributed by atoms with Gasteiger partial charge < -0.3 is 14.5 Å². The molecule has 0 aliphatic carbocycles. The minimum atomic E-state index is -3.68. The summed E-state index contributed by atoms with van der Waals surface area (Å²) < 4.78 is 33.1. The quantitative estimate of drug-likeness (QED) is 0.542. The molecule has 2 aromatic carbocycles. The maximum atomic E-state index is 13.2. The van der Waals surface area contributed by atoms with E-state index in [4.69, 9.17) is 27.9 Å². The number of rotatable bonds is 6. The molecule has 10 heteroatoms. The van der Waals surface area contributed by atoms with E-state index in [2.05, 4.69) is 11.8 Å². The van der Waals surface area contributed by atoms with Crippen LogP contribution in [0, 0.1) is 12.8 Å². The summed E-state index contributed by atoms with van der Waals surface area (Å²) >= 11 is 12.4. The van der Waals surface area contributed by atoms with Crippen LogP contribution in [0.5, 0.6) is 5.75 Å². The Kier molecular flexibility index (Phi) is 8.16. The molecule has 2 aliphatic heterocycles. The fraction of sp³-hybridized carbons (Fsp3) is 0.480. The number of piperidine rings is 1. The molecule has 2 fully saturated rings. The molecule has 0 radical (unpaired) electrons. The van der Waals surface area contributed by atoms with Gasteiger partial charge in [-0.3, -0.25) is 4.79 Å². The van der Waals surface area contributed by atoms with Gasteiger partial charge in [0, 0.05) is 55.9 Å². The van der Waals surface area contributed by atoms with Crippen molar-refractivity contribution in [3.05, 3.63) is 52.0 Å². The van der Waals surface area contributed by atoms with Crippen LogP contribution in [-0.4, -0.2) is 69.4 Å². The fourth-order valence-electron chi connectivity index (χ4n) is 4.76. The molecule has 35 heavy (non-hydrogen) atoms. The van der Waals surface area contributed by atoms with Crippen molar-refractivity contribution in [3.8, 4) is 5.75 Å². The summed E-state index contributed by atoms with van der Waals surface area (Å²) in [7, 11) is -3.68. The number of halogens is 2. The van der Waals surface area contributed by atoms with Crippen molar-refractivity contribution in [2.45, 2.75) is 31.6 Å². The highest BCUT2D eigenvalue weighted by Gasteiger charge is 2.35. The largest absolute Gasteiger partial charge is 0.492 e. The number of sulfonamides is 1. The standard InChI is InChI=1S/C25H31Cl2N3O4S/c1-3-34-24-7-6-21(17-22(24)27)35(32,33)30-10-8-19(9-11-30)25(31)29-14-12-28(13-15-29)23-16-20(26)5-4-18(23)2/h4-7,16-17,19H,3,8-15H2,1-2H3. The van der Waals surface area contributed by atoms with E-state index in [0.717, 1.165) is 24.3 Å². The van der Waals surface area contributed by atoms with Gasteiger partial charge in [-0.05, 0) is 62.6 Å². The lowest BCUT2D eigenvalue weighted by Gasteiger charge is -2.39. The summed E-state index contributed by atoms with van der Waals surface area (Å²) in [5, 5.41) is 0.975. The Balaban J connectivity index is 1.33. The molecule has 0 bridgehead atoms. The van der Waals surface area contributed by atoms with E-state index in [1.807, 2.05) is 30.0 Å². The third kappa shape index (κ3) is 5.71. The number of piperazine rings is 1. The van der Waals surface area contributed by atoms with E-state index >= 15 is 0 Å². The molecule has 2 heterocycles. The average molecular weight is 541 g/mol. The molecule has 2 aliphatic rings. The predicted octanol–water partition coefficient (Wildman–Crippen LogP) is 4.45. The Bertz CT molecular complexity index is 1180. The zero-order chi connectivity index (χ0) is 25.2. The topological polar surface area (TPSA) is 70.2 Å². The number of hydrogen-bond donors (Lipinski definition) is 0. The Morgan fingerprint density at radius 3 is 2.31 bits per heavy atom. The molecule has 0 saturated carbocycles. The fourth-order valence-corrected chi connectivity index (χ4v) is 6.72. The molecule has 1 amide bonds. The van der Waals surface area contributed by atoms with E-state index in [1.165, 1.54) is 16.4 Å². The van der Waals surface area contributed by atoms with Crippen LogP contribution in [0.4, 0.5) is 5.69 Å². The van der Waals surface area contributed by atoms with Gasteiger partial charge in [-0.1, -0.05) is 29.3 Å². The number of benzene rings is 2. The summed E-state index contributed by atoms with van der Waals surface area (Å²) in [5.74, 6) is 0.418. The van der Waals surface area contributed by atoms with Crippen LogP contribution in [0.3, 0.4) is 0 Å². The lowest BCUT2D eigenvalue weighted by atomic mass is 9.96. The molecule has 0 N–H and O–H groups in total. The molecule has 190 valence electrons. The van der Waals surface area contributed by atoms with Gasteiger partial charge in [-0.2, -0.15) is 4.31 Å². The van der Waals surface area contributed by atoms with Gasteiger partial charge in [0.1, 0.15) is 5.75 Å². The first kappa shape index (κ1) is 26.1. The van der Waals surface area contributed by atoms with Crippen LogP contribution in [0.2, 0.25) is 10.0 Å². The first-order valence-corrected chi connectivity index (χ1v) is 14.1. The highest BCUT2D eigenvalue weighted by Crippen LogP contribution is 2.31. The number of hydrogen-bond acceptors (Lipinski definition) is 5. The van der Waals surface area contributed by atoms with Crippen LogP contribution in [0.15, 0.2) is 41.3 Å². The Morgan fingerprint density at radius 1 is 1.00 bits per heavy atom. The monoisotopic (exact) mass is 539 g/mol. The molecule has 7 nitrogen and oxygen atoms in total. The average Bonchev–Trinajstić information content (AvgIpc) is 2.86. The SMILES string of the molecule is CCOc1ccc(S(=O)(=O)N2CCC(C(=O)N3CCN(c4cc(Cl)ccc4C)CC3)CC2)cc1Cl. The third-order valence-corrected chi connectivity index (χ3v) is 9.17. The second-order valence-electron chi connectivity index (χ2n) is 8.95. The van der Waals surface area contributed by atoms with Crippen LogP contribution < -0.4 is 9.64 Å². The first-order chi connectivity index (χ1) is 16.7. The summed E-state index contributed by atoms with van der Waals surface area (Å²) in [6, 6.07) is 10.4. The van der Waals surface area contributed by atoms with Crippen molar-refractivity contribution in [2.75, 3.05) is 50.8 Å². The van der Waals surface area contributed by atoms with Crippen LogP contribution in [0.1, 0.15) is 25.3 Å². The van der Waals surface area contributed by atoms with Crippen molar-refractivity contribution in [1.29, 1.82) is 0 Å². The number of amides is 1. The van der Waals surface area contributed by atoms with Crippen molar-refractivity contribution >= 4 is 44.8 Å². The zero-order valence-corrected chi connectivity index (χ0v) is 22.4. The number of ether oxygens (including phenoxy) is 1. The lowest BCUT2D eigenvalue weighted by Crippen LogP contribution is -2.52. The third-order valence-electron chi connectivity index (χ3n) is 6.75. The zero-order valence-electron chi connectivity index (χ0n) is 20.0. The van der Waals surface area contributed by atoms with Gasteiger partial charge in [-0.15, -0.1) is 0 Å². The van der Waals surface area contributed by atoms with Crippen LogP contribution in [0.25, 0.3) is 0 Å². The normalized spacial score (nSPS) is 18.1. The lowest BCUT2D eigenvalue weighted by molar-refractivity contribution is -0.137. The summed E-state index contributed by atoms with van der Waals surface area (Å²) in [5.41, 5.74) is 2.27. The molecular formula is C25H31Cl2N3O4S. The Hall–Kier alpha value is -2.00. The maximum Gasteiger partial charge on any atom is 0.243 e. The smallest absolute Gasteiger partial charge is 0.243 e. The summed E-state index contributed by atoms with van der Waals surface area (Å²) in [6.45, 7) is 7.76. The Labute approximate surface area is 217 Å². The second-order valence-corrected chi connectivity index (χ2v) is 11.7. The molecule has 4 rings (SSSR count). The summed E-state index contributed by atoms with van der Waals surface area (Å²) in [4.78, 5) is 17.5.